The Labute approximate surface area is 121 Å². The maximum atomic E-state index is 12.0. The zero-order valence-corrected chi connectivity index (χ0v) is 11.7. The van der Waals surface area contributed by atoms with Crippen molar-refractivity contribution in [2.24, 2.45) is 0 Å². The number of hydrogen-bond acceptors (Lipinski definition) is 3. The Bertz CT molecular complexity index is 727. The minimum Gasteiger partial charge on any atom is -0.289 e. The van der Waals surface area contributed by atoms with Crippen molar-refractivity contribution >= 4 is 23.3 Å². The second-order valence-electron chi connectivity index (χ2n) is 4.66. The van der Waals surface area contributed by atoms with Crippen molar-refractivity contribution in [1.29, 1.82) is 0 Å². The van der Waals surface area contributed by atoms with E-state index < -0.39 is 0 Å². The molecule has 1 aliphatic rings. The van der Waals surface area contributed by atoms with Crippen LogP contribution in [0.1, 0.15) is 26.3 Å². The van der Waals surface area contributed by atoms with Crippen molar-refractivity contribution in [3.05, 3.63) is 71.3 Å². The molecule has 0 saturated heterocycles. The van der Waals surface area contributed by atoms with E-state index in [0.717, 1.165) is 9.79 Å². The van der Waals surface area contributed by atoms with E-state index in [1.165, 1.54) is 29.5 Å². The standard InChI is InChI=1S/C17H12O2S/c1-11-5-7-12(8-6-11)20-16-4-2-3-13-14(18)9-10-15(19)17(13)16/h2-10H,1H3. The van der Waals surface area contributed by atoms with Crippen LogP contribution in [0.5, 0.6) is 0 Å². The Hall–Kier alpha value is -2.13. The molecule has 3 rings (SSSR count). The van der Waals surface area contributed by atoms with Gasteiger partial charge < -0.3 is 0 Å². The fourth-order valence-electron chi connectivity index (χ4n) is 2.13. The lowest BCUT2D eigenvalue weighted by atomic mass is 9.95. The van der Waals surface area contributed by atoms with Crippen LogP contribution in [-0.4, -0.2) is 11.6 Å². The van der Waals surface area contributed by atoms with Crippen LogP contribution >= 0.6 is 11.8 Å². The quantitative estimate of drug-likeness (QED) is 0.831. The smallest absolute Gasteiger partial charge is 0.187 e. The number of allylic oxidation sites excluding steroid dienone is 2. The Morgan fingerprint density at radius 2 is 1.55 bits per heavy atom. The molecule has 0 fully saturated rings. The summed E-state index contributed by atoms with van der Waals surface area (Å²) in [5, 5.41) is 0. The maximum Gasteiger partial charge on any atom is 0.187 e. The predicted octanol–water partition coefficient (Wildman–Crippen LogP) is 4.08. The van der Waals surface area contributed by atoms with Gasteiger partial charge >= 0.3 is 0 Å². The zero-order chi connectivity index (χ0) is 14.1. The minimum atomic E-state index is -0.106. The highest BCUT2D eigenvalue weighted by molar-refractivity contribution is 7.99. The molecule has 0 spiro atoms. The molecule has 0 saturated carbocycles. The summed E-state index contributed by atoms with van der Waals surface area (Å²) in [6, 6.07) is 13.5. The van der Waals surface area contributed by atoms with E-state index in [0.29, 0.717) is 11.1 Å². The summed E-state index contributed by atoms with van der Waals surface area (Å²) in [5.41, 5.74) is 2.21. The Morgan fingerprint density at radius 3 is 2.30 bits per heavy atom. The maximum absolute atomic E-state index is 12.0. The first-order chi connectivity index (χ1) is 9.65. The number of rotatable bonds is 2. The van der Waals surface area contributed by atoms with Gasteiger partial charge in [-0.1, -0.05) is 41.6 Å². The highest BCUT2D eigenvalue weighted by Gasteiger charge is 2.22. The van der Waals surface area contributed by atoms with Gasteiger partial charge in [-0.25, -0.2) is 0 Å². The van der Waals surface area contributed by atoms with Gasteiger partial charge in [0.1, 0.15) is 0 Å². The Balaban J connectivity index is 2.04. The summed E-state index contributed by atoms with van der Waals surface area (Å²) in [4.78, 5) is 25.8. The SMILES string of the molecule is Cc1ccc(Sc2cccc3c2C(=O)C=CC3=O)cc1. The molecule has 0 amide bonds. The zero-order valence-electron chi connectivity index (χ0n) is 10.9. The van der Waals surface area contributed by atoms with Crippen molar-refractivity contribution in [2.45, 2.75) is 16.7 Å². The van der Waals surface area contributed by atoms with Gasteiger partial charge in [-0.05, 0) is 37.3 Å². The molecule has 0 atom stereocenters. The number of benzene rings is 2. The van der Waals surface area contributed by atoms with E-state index in [1.54, 1.807) is 6.07 Å². The summed E-state index contributed by atoms with van der Waals surface area (Å²) < 4.78 is 0. The largest absolute Gasteiger partial charge is 0.289 e. The molecule has 0 N–H and O–H groups in total. The summed E-state index contributed by atoms with van der Waals surface area (Å²) in [5.74, 6) is -0.208. The van der Waals surface area contributed by atoms with Crippen molar-refractivity contribution in [1.82, 2.24) is 0 Å². The molecule has 1 aliphatic carbocycles. The molecule has 0 radical (unpaired) electrons. The van der Waals surface area contributed by atoms with Crippen LogP contribution < -0.4 is 0 Å². The molecular weight excluding hydrogens is 268 g/mol. The Morgan fingerprint density at radius 1 is 0.850 bits per heavy atom. The van der Waals surface area contributed by atoms with E-state index >= 15 is 0 Å². The van der Waals surface area contributed by atoms with E-state index in [9.17, 15) is 9.59 Å². The third kappa shape index (κ3) is 2.32. The van der Waals surface area contributed by atoms with Crippen molar-refractivity contribution in [3.8, 4) is 0 Å². The van der Waals surface area contributed by atoms with Gasteiger partial charge in [0.05, 0.1) is 0 Å². The highest BCUT2D eigenvalue weighted by atomic mass is 32.2. The fraction of sp³-hybridized carbons (Fsp3) is 0.0588. The van der Waals surface area contributed by atoms with Gasteiger partial charge in [-0.15, -0.1) is 0 Å². The first kappa shape index (κ1) is 12.9. The second-order valence-corrected chi connectivity index (χ2v) is 5.77. The highest BCUT2D eigenvalue weighted by Crippen LogP contribution is 2.34. The third-order valence-electron chi connectivity index (χ3n) is 3.17. The number of fused-ring (bicyclic) bond motifs is 1. The van der Waals surface area contributed by atoms with Crippen LogP contribution in [-0.2, 0) is 0 Å². The number of ketones is 2. The predicted molar refractivity (Wildman–Crippen MR) is 79.5 cm³/mol. The molecule has 0 heterocycles. The van der Waals surface area contributed by atoms with Crippen molar-refractivity contribution in [2.75, 3.05) is 0 Å². The summed E-state index contributed by atoms with van der Waals surface area (Å²) in [6.07, 6.45) is 2.69. The molecule has 2 aromatic carbocycles. The van der Waals surface area contributed by atoms with Crippen LogP contribution in [0.25, 0.3) is 0 Å². The Kier molecular flexibility index (Phi) is 3.28. The summed E-state index contributed by atoms with van der Waals surface area (Å²) >= 11 is 1.51. The van der Waals surface area contributed by atoms with Gasteiger partial charge in [0.2, 0.25) is 0 Å². The number of hydrogen-bond donors (Lipinski definition) is 0. The van der Waals surface area contributed by atoms with Crippen LogP contribution in [0.15, 0.2) is 64.4 Å². The van der Waals surface area contributed by atoms with Crippen molar-refractivity contribution < 1.29 is 9.59 Å². The van der Waals surface area contributed by atoms with Gasteiger partial charge in [0.15, 0.2) is 11.6 Å². The first-order valence-electron chi connectivity index (χ1n) is 6.29. The third-order valence-corrected chi connectivity index (χ3v) is 4.24. The lowest BCUT2D eigenvalue weighted by Gasteiger charge is -2.13. The van der Waals surface area contributed by atoms with Gasteiger partial charge in [0.25, 0.3) is 0 Å². The van der Waals surface area contributed by atoms with E-state index in [-0.39, 0.29) is 11.6 Å². The van der Waals surface area contributed by atoms with E-state index in [2.05, 4.69) is 0 Å². The fourth-order valence-corrected chi connectivity index (χ4v) is 3.12. The lowest BCUT2D eigenvalue weighted by Crippen LogP contribution is -2.12. The van der Waals surface area contributed by atoms with Gasteiger partial charge in [0, 0.05) is 20.9 Å². The van der Waals surface area contributed by atoms with Gasteiger partial charge in [-0.3, -0.25) is 9.59 Å². The molecule has 0 unspecified atom stereocenters. The van der Waals surface area contributed by atoms with E-state index in [4.69, 9.17) is 0 Å². The van der Waals surface area contributed by atoms with Gasteiger partial charge in [-0.2, -0.15) is 0 Å². The van der Waals surface area contributed by atoms with Crippen LogP contribution in [0.4, 0.5) is 0 Å². The monoisotopic (exact) mass is 280 g/mol. The van der Waals surface area contributed by atoms with Crippen LogP contribution in [0.2, 0.25) is 0 Å². The molecule has 0 bridgehead atoms. The minimum absolute atomic E-state index is 0.102. The molecule has 0 aromatic heterocycles. The molecule has 0 aliphatic heterocycles. The normalized spacial score (nSPS) is 13.4. The molecule has 98 valence electrons. The molecule has 2 aromatic rings. The average molecular weight is 280 g/mol. The summed E-state index contributed by atoms with van der Waals surface area (Å²) in [7, 11) is 0. The first-order valence-corrected chi connectivity index (χ1v) is 7.11. The topological polar surface area (TPSA) is 34.1 Å². The van der Waals surface area contributed by atoms with Crippen LogP contribution in [0, 0.1) is 6.92 Å². The average Bonchev–Trinajstić information content (AvgIpc) is 2.46. The number of carbonyl (C=O) groups is 2. The second kappa shape index (κ2) is 5.10. The van der Waals surface area contributed by atoms with E-state index in [1.807, 2.05) is 43.3 Å². The molecule has 2 nitrogen and oxygen atoms in total. The number of aryl methyl sites for hydroxylation is 1. The van der Waals surface area contributed by atoms with Crippen molar-refractivity contribution in [3.63, 3.8) is 0 Å². The molecular formula is C17H12O2S. The lowest BCUT2D eigenvalue weighted by molar-refractivity contribution is 0.0992. The van der Waals surface area contributed by atoms with Crippen LogP contribution in [0.3, 0.4) is 0 Å². The number of carbonyl (C=O) groups excluding carboxylic acids is 2. The molecule has 3 heteroatoms. The molecule has 20 heavy (non-hydrogen) atoms. The summed E-state index contributed by atoms with van der Waals surface area (Å²) in [6.45, 7) is 2.03.